The lowest BCUT2D eigenvalue weighted by Crippen LogP contribution is -2.22. The van der Waals surface area contributed by atoms with Crippen molar-refractivity contribution in [2.24, 2.45) is 0 Å². The SMILES string of the molecule is O=C(O)c1nc(C2(C(=O)O)CC2)n2ccccc12. The van der Waals surface area contributed by atoms with Crippen molar-refractivity contribution in [2.75, 3.05) is 0 Å². The van der Waals surface area contributed by atoms with Crippen LogP contribution >= 0.6 is 0 Å². The zero-order valence-corrected chi connectivity index (χ0v) is 9.33. The van der Waals surface area contributed by atoms with Crippen LogP contribution in [-0.2, 0) is 10.2 Å². The van der Waals surface area contributed by atoms with Crippen LogP contribution in [0.15, 0.2) is 24.4 Å². The molecule has 2 aromatic heterocycles. The average molecular weight is 246 g/mol. The molecule has 0 aromatic carbocycles. The zero-order valence-electron chi connectivity index (χ0n) is 9.33. The number of aromatic carboxylic acids is 1. The maximum Gasteiger partial charge on any atom is 0.356 e. The Kier molecular flexibility index (Phi) is 1.98. The molecule has 0 aliphatic heterocycles. The molecule has 0 saturated heterocycles. The van der Waals surface area contributed by atoms with Crippen LogP contribution in [0.25, 0.3) is 5.52 Å². The van der Waals surface area contributed by atoms with Crippen LogP contribution < -0.4 is 0 Å². The van der Waals surface area contributed by atoms with E-state index in [0.29, 0.717) is 24.2 Å². The van der Waals surface area contributed by atoms with E-state index in [1.54, 1.807) is 28.8 Å². The van der Waals surface area contributed by atoms with Gasteiger partial charge in [-0.2, -0.15) is 0 Å². The van der Waals surface area contributed by atoms with Gasteiger partial charge in [-0.25, -0.2) is 9.78 Å². The van der Waals surface area contributed by atoms with Gasteiger partial charge >= 0.3 is 11.9 Å². The van der Waals surface area contributed by atoms with Crippen molar-refractivity contribution in [3.8, 4) is 0 Å². The highest BCUT2D eigenvalue weighted by Gasteiger charge is 2.55. The summed E-state index contributed by atoms with van der Waals surface area (Å²) in [6, 6.07) is 5.05. The first kappa shape index (κ1) is 10.8. The number of hydrogen-bond donors (Lipinski definition) is 2. The Labute approximate surface area is 101 Å². The van der Waals surface area contributed by atoms with Crippen molar-refractivity contribution < 1.29 is 19.8 Å². The number of nitrogens with zero attached hydrogens (tertiary/aromatic N) is 2. The Morgan fingerprint density at radius 2 is 2.00 bits per heavy atom. The molecule has 1 aliphatic carbocycles. The first-order chi connectivity index (χ1) is 8.56. The molecule has 6 nitrogen and oxygen atoms in total. The number of pyridine rings is 1. The highest BCUT2D eigenvalue weighted by atomic mass is 16.4. The second kappa shape index (κ2) is 3.32. The largest absolute Gasteiger partial charge is 0.480 e. The van der Waals surface area contributed by atoms with E-state index in [4.69, 9.17) is 5.11 Å². The van der Waals surface area contributed by atoms with E-state index in [1.165, 1.54) is 0 Å². The second-order valence-corrected chi connectivity index (χ2v) is 4.43. The molecule has 92 valence electrons. The number of carbonyl (C=O) groups is 2. The molecular formula is C12H10N2O4. The molecule has 0 bridgehead atoms. The predicted molar refractivity (Wildman–Crippen MR) is 60.7 cm³/mol. The topological polar surface area (TPSA) is 91.9 Å². The predicted octanol–water partition coefficient (Wildman–Crippen LogP) is 1.15. The van der Waals surface area contributed by atoms with Gasteiger partial charge < -0.3 is 14.6 Å². The minimum atomic E-state index is -1.15. The fourth-order valence-electron chi connectivity index (χ4n) is 2.19. The second-order valence-electron chi connectivity index (χ2n) is 4.43. The van der Waals surface area contributed by atoms with Crippen LogP contribution in [0.2, 0.25) is 0 Å². The van der Waals surface area contributed by atoms with Crippen LogP contribution in [0.4, 0.5) is 0 Å². The number of imidazole rings is 1. The van der Waals surface area contributed by atoms with Gasteiger partial charge in [-0.3, -0.25) is 4.79 Å². The molecule has 18 heavy (non-hydrogen) atoms. The number of hydrogen-bond acceptors (Lipinski definition) is 3. The summed E-state index contributed by atoms with van der Waals surface area (Å²) < 4.78 is 1.56. The van der Waals surface area contributed by atoms with Crippen molar-refractivity contribution in [3.63, 3.8) is 0 Å². The number of fused-ring (bicyclic) bond motifs is 1. The maximum atomic E-state index is 11.3. The van der Waals surface area contributed by atoms with Crippen molar-refractivity contribution in [1.29, 1.82) is 0 Å². The number of rotatable bonds is 3. The third-order valence-electron chi connectivity index (χ3n) is 3.34. The minimum Gasteiger partial charge on any atom is -0.480 e. The Hall–Kier alpha value is -2.37. The zero-order chi connectivity index (χ0) is 12.9. The molecular weight excluding hydrogens is 236 g/mol. The summed E-state index contributed by atoms with van der Waals surface area (Å²) in [5.41, 5.74) is -0.691. The fraction of sp³-hybridized carbons (Fsp3) is 0.250. The minimum absolute atomic E-state index is 0.0990. The fourth-order valence-corrected chi connectivity index (χ4v) is 2.19. The van der Waals surface area contributed by atoms with E-state index in [9.17, 15) is 14.7 Å². The lowest BCUT2D eigenvalue weighted by Gasteiger charge is -2.07. The van der Waals surface area contributed by atoms with Crippen LogP contribution in [-0.4, -0.2) is 31.5 Å². The summed E-state index contributed by atoms with van der Waals surface area (Å²) >= 11 is 0. The van der Waals surface area contributed by atoms with E-state index in [-0.39, 0.29) is 5.69 Å². The van der Waals surface area contributed by atoms with Gasteiger partial charge in [0.15, 0.2) is 5.69 Å². The first-order valence-corrected chi connectivity index (χ1v) is 5.50. The van der Waals surface area contributed by atoms with Gasteiger partial charge in [-0.05, 0) is 25.0 Å². The summed E-state index contributed by atoms with van der Waals surface area (Å²) in [6.45, 7) is 0. The van der Waals surface area contributed by atoms with Gasteiger partial charge in [0.1, 0.15) is 11.2 Å². The Bertz CT molecular complexity index is 670. The standard InChI is InChI=1S/C12H10N2O4/c15-9(16)8-7-3-1-2-6-14(7)10(13-8)12(4-5-12)11(17)18/h1-3,6H,4-5H2,(H,15,16)(H,17,18). The molecule has 1 fully saturated rings. The summed E-state index contributed by atoms with van der Waals surface area (Å²) in [5, 5.41) is 18.4. The molecule has 0 radical (unpaired) electrons. The van der Waals surface area contributed by atoms with E-state index in [2.05, 4.69) is 4.98 Å². The molecule has 2 N–H and O–H groups in total. The van der Waals surface area contributed by atoms with E-state index < -0.39 is 17.4 Å². The van der Waals surface area contributed by atoms with E-state index >= 15 is 0 Å². The molecule has 1 saturated carbocycles. The molecule has 0 amide bonds. The van der Waals surface area contributed by atoms with Gasteiger partial charge in [-0.1, -0.05) is 6.07 Å². The molecule has 0 spiro atoms. The maximum absolute atomic E-state index is 11.3. The molecule has 6 heteroatoms. The number of aromatic nitrogens is 2. The van der Waals surface area contributed by atoms with Gasteiger partial charge in [0, 0.05) is 6.20 Å². The summed E-state index contributed by atoms with van der Waals surface area (Å²) in [7, 11) is 0. The van der Waals surface area contributed by atoms with E-state index in [1.807, 2.05) is 0 Å². The molecule has 2 aromatic rings. The first-order valence-electron chi connectivity index (χ1n) is 5.50. The number of aliphatic carboxylic acids is 1. The quantitative estimate of drug-likeness (QED) is 0.847. The van der Waals surface area contributed by atoms with Crippen molar-refractivity contribution in [2.45, 2.75) is 18.3 Å². The molecule has 0 atom stereocenters. The Balaban J connectivity index is 2.31. The van der Waals surface area contributed by atoms with Gasteiger partial charge in [-0.15, -0.1) is 0 Å². The highest BCUT2D eigenvalue weighted by molar-refractivity contribution is 5.94. The molecule has 3 rings (SSSR count). The van der Waals surface area contributed by atoms with Gasteiger partial charge in [0.25, 0.3) is 0 Å². The third-order valence-corrected chi connectivity index (χ3v) is 3.34. The number of carboxylic acids is 2. The van der Waals surface area contributed by atoms with Crippen molar-refractivity contribution in [3.05, 3.63) is 35.9 Å². The highest BCUT2D eigenvalue weighted by Crippen LogP contribution is 2.48. The average Bonchev–Trinajstić information content (AvgIpc) is 3.05. The molecule has 2 heterocycles. The van der Waals surface area contributed by atoms with Crippen LogP contribution in [0, 0.1) is 0 Å². The van der Waals surface area contributed by atoms with E-state index in [0.717, 1.165) is 0 Å². The van der Waals surface area contributed by atoms with Crippen molar-refractivity contribution >= 4 is 17.5 Å². The summed E-state index contributed by atoms with van der Waals surface area (Å²) in [6.07, 6.45) is 2.64. The van der Waals surface area contributed by atoms with Crippen molar-refractivity contribution in [1.82, 2.24) is 9.38 Å². The van der Waals surface area contributed by atoms with Crippen LogP contribution in [0.5, 0.6) is 0 Å². The molecule has 1 aliphatic rings. The lowest BCUT2D eigenvalue weighted by atomic mass is 10.1. The lowest BCUT2D eigenvalue weighted by molar-refractivity contribution is -0.140. The normalized spacial score (nSPS) is 16.7. The Morgan fingerprint density at radius 3 is 2.56 bits per heavy atom. The van der Waals surface area contributed by atoms with Gasteiger partial charge in [0.2, 0.25) is 0 Å². The smallest absolute Gasteiger partial charge is 0.356 e. The summed E-state index contributed by atoms with van der Waals surface area (Å²) in [4.78, 5) is 26.5. The summed E-state index contributed by atoms with van der Waals surface area (Å²) in [5.74, 6) is -1.79. The Morgan fingerprint density at radius 1 is 1.28 bits per heavy atom. The van der Waals surface area contributed by atoms with Gasteiger partial charge in [0.05, 0.1) is 5.52 Å². The van der Waals surface area contributed by atoms with Crippen LogP contribution in [0.1, 0.15) is 29.2 Å². The molecule has 0 unspecified atom stereocenters. The monoisotopic (exact) mass is 246 g/mol. The van der Waals surface area contributed by atoms with Crippen LogP contribution in [0.3, 0.4) is 0 Å². The number of carboxylic acid groups (broad SMARTS) is 2. The third kappa shape index (κ3) is 1.25.